The van der Waals surface area contributed by atoms with Gasteiger partial charge in [0.15, 0.2) is 17.6 Å². The second-order valence-corrected chi connectivity index (χ2v) is 16.1. The standard InChI is InChI=1S/C42H62N2O7/c1-3-4-12-39-29(25-46)21-30(51-39)15-13-28-14-16-37(48)40(20-28)50-26-38(49)35-22-32-36(44-35)23-42(17-5-6-18-42)33-10-7-9-31(33)41(32)34(11-8-19-45)43-24-27(2)47/h14,16,20-22,27,31,33-34,38-39,41,43,45-47,49,51H,3-13,15,17-19,23-26H2,1-2H3/p+1/t27-,31+,33-,34-,38-,39?,41+/m0/s1. The van der Waals surface area contributed by atoms with E-state index in [0.717, 1.165) is 67.9 Å². The molecule has 0 radical (unpaired) electrons. The highest BCUT2D eigenvalue weighted by molar-refractivity contribution is 6.03. The minimum Gasteiger partial charge on any atom is -0.504 e. The lowest BCUT2D eigenvalue weighted by Crippen LogP contribution is -2.46. The van der Waals surface area contributed by atoms with Crippen LogP contribution in [-0.2, 0) is 6.42 Å². The molecule has 7 N–H and O–H groups in total. The van der Waals surface area contributed by atoms with Crippen LogP contribution in [0.15, 0.2) is 46.6 Å². The average molecular weight is 708 g/mol. The van der Waals surface area contributed by atoms with E-state index >= 15 is 0 Å². The smallest absolute Gasteiger partial charge is 0.208 e. The number of benzene rings is 1. The van der Waals surface area contributed by atoms with E-state index in [1.807, 2.05) is 25.1 Å². The topological polar surface area (TPSA) is 148 Å². The summed E-state index contributed by atoms with van der Waals surface area (Å²) in [6, 6.07) is 5.48. The van der Waals surface area contributed by atoms with Crippen molar-refractivity contribution in [3.63, 3.8) is 0 Å². The van der Waals surface area contributed by atoms with Crippen molar-refractivity contribution >= 4 is 5.71 Å². The Morgan fingerprint density at radius 3 is 2.71 bits per heavy atom. The molecule has 0 aromatic heterocycles. The summed E-state index contributed by atoms with van der Waals surface area (Å²) in [6.45, 7) is 4.61. The minimum absolute atomic E-state index is 0.0304. The van der Waals surface area contributed by atoms with Crippen molar-refractivity contribution in [3.8, 4) is 11.5 Å². The quantitative estimate of drug-likeness (QED) is 0.0856. The number of aliphatic hydroxyl groups excluding tert-OH is 4. The van der Waals surface area contributed by atoms with Crippen molar-refractivity contribution in [2.45, 2.75) is 135 Å². The van der Waals surface area contributed by atoms with E-state index in [1.54, 1.807) is 6.07 Å². The number of phenolic OH excluding ortho intramolecular Hbond substituents is 1. The molecule has 2 aliphatic heterocycles. The Kier molecular flexibility index (Phi) is 13.1. The highest BCUT2D eigenvalue weighted by Crippen LogP contribution is 2.61. The maximum Gasteiger partial charge on any atom is 0.208 e. The molecule has 5 aliphatic rings. The van der Waals surface area contributed by atoms with E-state index < -0.39 is 12.2 Å². The molecular weight excluding hydrogens is 644 g/mol. The van der Waals surface area contributed by atoms with Crippen molar-refractivity contribution in [3.05, 3.63) is 59.2 Å². The van der Waals surface area contributed by atoms with Crippen LogP contribution in [0.4, 0.5) is 0 Å². The van der Waals surface area contributed by atoms with Crippen LogP contribution in [0.2, 0.25) is 0 Å². The van der Waals surface area contributed by atoms with Crippen LogP contribution in [0.3, 0.4) is 0 Å². The maximum absolute atomic E-state index is 11.5. The number of nitrogens with one attached hydrogen (secondary N) is 1. The van der Waals surface area contributed by atoms with Gasteiger partial charge in [-0.25, -0.2) is 0 Å². The minimum atomic E-state index is -0.962. The summed E-state index contributed by atoms with van der Waals surface area (Å²) >= 11 is 0. The number of hydrogen-bond acceptors (Lipinski definition) is 8. The number of fused-ring (bicyclic) bond motifs is 3. The fourth-order valence-electron chi connectivity index (χ4n) is 10.1. The van der Waals surface area contributed by atoms with Crippen LogP contribution < -0.4 is 10.1 Å². The van der Waals surface area contributed by atoms with Gasteiger partial charge in [0.2, 0.25) is 5.70 Å². The zero-order valence-electron chi connectivity index (χ0n) is 30.9. The van der Waals surface area contributed by atoms with Gasteiger partial charge in [0, 0.05) is 38.6 Å². The lowest BCUT2D eigenvalue weighted by Gasteiger charge is -2.39. The Labute approximate surface area is 305 Å². The second kappa shape index (κ2) is 17.5. The van der Waals surface area contributed by atoms with E-state index in [2.05, 4.69) is 18.3 Å². The monoisotopic (exact) mass is 707 g/mol. The molecule has 1 unspecified atom stereocenters. The van der Waals surface area contributed by atoms with E-state index in [1.165, 1.54) is 50.9 Å². The third kappa shape index (κ3) is 8.82. The third-order valence-corrected chi connectivity index (χ3v) is 12.5. The number of aliphatic imine (C=N–C) groups is 1. The molecule has 3 aliphatic carbocycles. The Bertz CT molecular complexity index is 1380. The van der Waals surface area contributed by atoms with E-state index in [4.69, 9.17) is 14.5 Å². The highest BCUT2D eigenvalue weighted by atomic mass is 16.5. The number of allylic oxidation sites excluding steroid dienone is 1. The predicted molar refractivity (Wildman–Crippen MR) is 200 cm³/mol. The van der Waals surface area contributed by atoms with Gasteiger partial charge in [0.25, 0.3) is 0 Å². The fraction of sp³-hybridized carbons (Fsp3) is 0.690. The van der Waals surface area contributed by atoms with Crippen LogP contribution in [0, 0.1) is 35.2 Å². The van der Waals surface area contributed by atoms with Crippen molar-refractivity contribution in [2.24, 2.45) is 28.2 Å². The summed E-state index contributed by atoms with van der Waals surface area (Å²) in [6.07, 6.45) is 19.5. The molecule has 0 saturated heterocycles. The van der Waals surface area contributed by atoms with Gasteiger partial charge >= 0.3 is 0 Å². The summed E-state index contributed by atoms with van der Waals surface area (Å²) in [4.78, 5) is 5.17. The number of ether oxygens (including phenoxy) is 2. The number of aliphatic hydroxyl groups is 6. The zero-order valence-corrected chi connectivity index (χ0v) is 30.9. The Morgan fingerprint density at radius 2 is 1.96 bits per heavy atom. The van der Waals surface area contributed by atoms with E-state index in [-0.39, 0.29) is 49.0 Å². The molecule has 1 spiro atoms. The molecule has 0 bridgehead atoms. The largest absolute Gasteiger partial charge is 0.504 e. The number of hydrogen-bond donors (Lipinski definition) is 6. The van der Waals surface area contributed by atoms with Gasteiger partial charge in [-0.05, 0) is 99.7 Å². The van der Waals surface area contributed by atoms with Gasteiger partial charge in [0.1, 0.15) is 30.4 Å². The molecule has 51 heavy (non-hydrogen) atoms. The molecule has 6 rings (SSSR count). The number of unbranched alkanes of at least 4 members (excludes halogenated alkanes) is 1. The third-order valence-electron chi connectivity index (χ3n) is 12.5. The summed E-state index contributed by atoms with van der Waals surface area (Å²) in [7, 11) is 0. The summed E-state index contributed by atoms with van der Waals surface area (Å²) in [5.41, 5.74) is 3.96. The lowest BCUT2D eigenvalue weighted by molar-refractivity contribution is -0.0550. The molecule has 1 aromatic rings. The van der Waals surface area contributed by atoms with Crippen LogP contribution in [-0.4, -0.2) is 86.7 Å². The lowest BCUT2D eigenvalue weighted by atomic mass is 9.65. The first-order valence-corrected chi connectivity index (χ1v) is 19.9. The molecular formula is C42H63N2O7+. The van der Waals surface area contributed by atoms with Gasteiger partial charge in [-0.1, -0.05) is 38.7 Å². The van der Waals surface area contributed by atoms with Gasteiger partial charge in [0.05, 0.1) is 18.1 Å². The first-order valence-electron chi connectivity index (χ1n) is 19.9. The van der Waals surface area contributed by atoms with Crippen molar-refractivity contribution in [2.75, 3.05) is 26.4 Å². The molecule has 3 saturated carbocycles. The van der Waals surface area contributed by atoms with Crippen molar-refractivity contribution < 1.29 is 35.0 Å². The Morgan fingerprint density at radius 1 is 1.14 bits per heavy atom. The zero-order chi connectivity index (χ0) is 36.0. The average Bonchev–Trinajstić information content (AvgIpc) is 3.94. The van der Waals surface area contributed by atoms with Crippen LogP contribution in [0.25, 0.3) is 0 Å². The predicted octanol–water partition coefficient (Wildman–Crippen LogP) is 5.64. The summed E-state index contributed by atoms with van der Waals surface area (Å²) in [5.74, 6) is 2.94. The SMILES string of the molecule is CCCCC1[OH+][C-](CCc2ccc(O)c(OC[C@H](O)C3=C[C+]4C(=N3)CC3(CCCC3)[C@H]3CCC[C@H]3[C@H]4[C@H](CCCO)NC[C@H](C)O)c2)C=C1CO. The van der Waals surface area contributed by atoms with E-state index in [0.29, 0.717) is 36.2 Å². The van der Waals surface area contributed by atoms with Crippen molar-refractivity contribution in [1.29, 1.82) is 0 Å². The second-order valence-electron chi connectivity index (χ2n) is 16.1. The molecule has 7 atom stereocenters. The van der Waals surface area contributed by atoms with Crippen molar-refractivity contribution in [1.82, 2.24) is 5.32 Å². The molecule has 2 heterocycles. The van der Waals surface area contributed by atoms with Gasteiger partial charge in [-0.15, -0.1) is 16.6 Å². The highest BCUT2D eigenvalue weighted by Gasteiger charge is 2.59. The molecule has 0 amide bonds. The van der Waals surface area contributed by atoms with E-state index in [9.17, 15) is 25.5 Å². The molecule has 3 fully saturated rings. The number of phenols is 1. The summed E-state index contributed by atoms with van der Waals surface area (Å²) < 4.78 is 11.0. The number of aromatic hydroxyl groups is 1. The first-order chi connectivity index (χ1) is 24.7. The van der Waals surface area contributed by atoms with Crippen LogP contribution >= 0.6 is 0 Å². The Hall–Kier alpha value is -2.53. The van der Waals surface area contributed by atoms with Gasteiger partial charge < -0.3 is 40.3 Å². The number of nitrogens with zero attached hydrogens (tertiary/aromatic N) is 1. The van der Waals surface area contributed by atoms with Gasteiger partial charge in [-0.2, -0.15) is 0 Å². The Balaban J connectivity index is 1.16. The fourth-order valence-corrected chi connectivity index (χ4v) is 10.1. The number of aryl methyl sites for hydroxylation is 1. The first kappa shape index (κ1) is 38.2. The maximum atomic E-state index is 11.5. The molecule has 9 heteroatoms. The number of rotatable bonds is 18. The summed E-state index contributed by atoms with van der Waals surface area (Å²) in [5, 5.41) is 55.8. The molecule has 1 aromatic carbocycles. The van der Waals surface area contributed by atoms with Crippen LogP contribution in [0.1, 0.15) is 109 Å². The normalized spacial score (nSPS) is 27.1. The van der Waals surface area contributed by atoms with Gasteiger partial charge in [-0.3, -0.25) is 0 Å². The molecule has 9 nitrogen and oxygen atoms in total. The molecule has 282 valence electrons. The van der Waals surface area contributed by atoms with Crippen LogP contribution in [0.5, 0.6) is 11.5 Å².